The van der Waals surface area contributed by atoms with Crippen molar-refractivity contribution in [3.05, 3.63) is 18.2 Å². The van der Waals surface area contributed by atoms with Gasteiger partial charge in [0.25, 0.3) is 0 Å². The Morgan fingerprint density at radius 1 is 1.21 bits per heavy atom. The van der Waals surface area contributed by atoms with Gasteiger partial charge in [-0.15, -0.1) is 0 Å². The normalized spacial score (nSPS) is 11.9. The molecule has 0 unspecified atom stereocenters. The lowest BCUT2D eigenvalue weighted by Gasteiger charge is -2.16. The predicted octanol–water partition coefficient (Wildman–Crippen LogP) is 2.41. The predicted molar refractivity (Wildman–Crippen MR) is 63.0 cm³/mol. The minimum Gasteiger partial charge on any atom is -0.475 e. The Morgan fingerprint density at radius 3 is 2.36 bits per heavy atom. The quantitative estimate of drug-likeness (QED) is 0.713. The fraction of sp³-hybridized carbons (Fsp3) is 0.545. The van der Waals surface area contributed by atoms with Crippen LogP contribution in [-0.2, 0) is 0 Å². The SMILES string of the molecule is CC(C)Oc1cccc([Si](C)(C)C)n1. The topological polar surface area (TPSA) is 22.1 Å². The fourth-order valence-electron chi connectivity index (χ4n) is 1.14. The number of nitrogens with zero attached hydrogens (tertiary/aromatic N) is 1. The van der Waals surface area contributed by atoms with E-state index in [2.05, 4.69) is 30.7 Å². The molecule has 0 fully saturated rings. The molecule has 0 amide bonds. The standard InChI is InChI=1S/C11H19NOSi/c1-9(2)13-10-7-6-8-11(12-10)14(3,4)5/h6-9H,1-5H3. The zero-order valence-corrected chi connectivity index (χ0v) is 10.7. The van der Waals surface area contributed by atoms with Gasteiger partial charge < -0.3 is 4.74 Å². The Morgan fingerprint density at radius 2 is 1.86 bits per heavy atom. The summed E-state index contributed by atoms with van der Waals surface area (Å²) in [7, 11) is -1.31. The van der Waals surface area contributed by atoms with Crippen molar-refractivity contribution in [1.82, 2.24) is 4.98 Å². The van der Waals surface area contributed by atoms with Gasteiger partial charge in [0.05, 0.1) is 6.10 Å². The van der Waals surface area contributed by atoms with Gasteiger partial charge in [0.1, 0.15) is 8.07 Å². The molecule has 0 saturated carbocycles. The highest BCUT2D eigenvalue weighted by Gasteiger charge is 2.18. The van der Waals surface area contributed by atoms with E-state index < -0.39 is 8.07 Å². The van der Waals surface area contributed by atoms with E-state index in [-0.39, 0.29) is 6.10 Å². The van der Waals surface area contributed by atoms with Crippen LogP contribution in [0, 0.1) is 0 Å². The van der Waals surface area contributed by atoms with Crippen molar-refractivity contribution in [2.24, 2.45) is 0 Å². The molecule has 0 N–H and O–H groups in total. The van der Waals surface area contributed by atoms with Crippen LogP contribution in [-0.4, -0.2) is 19.2 Å². The summed E-state index contributed by atoms with van der Waals surface area (Å²) in [6.45, 7) is 10.9. The van der Waals surface area contributed by atoms with Gasteiger partial charge in [-0.05, 0) is 19.9 Å². The van der Waals surface area contributed by atoms with Gasteiger partial charge in [-0.25, -0.2) is 4.98 Å². The van der Waals surface area contributed by atoms with Crippen LogP contribution < -0.4 is 10.1 Å². The Bertz CT molecular complexity index is 304. The highest BCUT2D eigenvalue weighted by Crippen LogP contribution is 2.08. The van der Waals surface area contributed by atoms with Crippen molar-refractivity contribution in [3.8, 4) is 5.88 Å². The molecule has 0 bridgehead atoms. The van der Waals surface area contributed by atoms with Crippen molar-refractivity contribution in [2.75, 3.05) is 0 Å². The summed E-state index contributed by atoms with van der Waals surface area (Å²) in [5.74, 6) is 0.750. The molecular formula is C11H19NOSi. The van der Waals surface area contributed by atoms with Gasteiger partial charge in [-0.3, -0.25) is 0 Å². The lowest BCUT2D eigenvalue weighted by atomic mass is 10.4. The van der Waals surface area contributed by atoms with E-state index in [9.17, 15) is 0 Å². The number of hydrogen-bond donors (Lipinski definition) is 0. The minimum absolute atomic E-state index is 0.194. The number of hydrogen-bond acceptors (Lipinski definition) is 2. The first-order chi connectivity index (χ1) is 6.39. The van der Waals surface area contributed by atoms with Crippen molar-refractivity contribution in [3.63, 3.8) is 0 Å². The molecule has 0 saturated heterocycles. The van der Waals surface area contributed by atoms with Gasteiger partial charge >= 0.3 is 0 Å². The molecule has 3 heteroatoms. The van der Waals surface area contributed by atoms with E-state index >= 15 is 0 Å². The highest BCUT2D eigenvalue weighted by atomic mass is 28.3. The van der Waals surface area contributed by atoms with Crippen LogP contribution in [0.2, 0.25) is 19.6 Å². The van der Waals surface area contributed by atoms with Crippen LogP contribution >= 0.6 is 0 Å². The van der Waals surface area contributed by atoms with Crippen LogP contribution in [0.3, 0.4) is 0 Å². The van der Waals surface area contributed by atoms with Crippen molar-refractivity contribution < 1.29 is 4.74 Å². The lowest BCUT2D eigenvalue weighted by molar-refractivity contribution is 0.233. The zero-order chi connectivity index (χ0) is 10.8. The molecular weight excluding hydrogens is 190 g/mol. The molecule has 0 aliphatic heterocycles. The largest absolute Gasteiger partial charge is 0.475 e. The summed E-state index contributed by atoms with van der Waals surface area (Å²) in [6.07, 6.45) is 0.194. The van der Waals surface area contributed by atoms with Crippen LogP contribution in [0.25, 0.3) is 0 Å². The second-order valence-corrected chi connectivity index (χ2v) is 9.79. The monoisotopic (exact) mass is 209 g/mol. The third kappa shape index (κ3) is 3.14. The minimum atomic E-state index is -1.31. The Balaban J connectivity index is 2.90. The molecule has 1 aromatic heterocycles. The summed E-state index contributed by atoms with van der Waals surface area (Å²) in [6, 6.07) is 6.04. The Hall–Kier alpha value is -0.833. The maximum absolute atomic E-state index is 5.56. The first-order valence-corrected chi connectivity index (χ1v) is 8.54. The van der Waals surface area contributed by atoms with E-state index in [1.54, 1.807) is 0 Å². The molecule has 78 valence electrons. The van der Waals surface area contributed by atoms with Crippen molar-refractivity contribution in [1.29, 1.82) is 0 Å². The second-order valence-electron chi connectivity index (χ2n) is 4.78. The maximum Gasteiger partial charge on any atom is 0.213 e. The van der Waals surface area contributed by atoms with Crippen LogP contribution in [0.5, 0.6) is 5.88 Å². The molecule has 1 heterocycles. The summed E-state index contributed by atoms with van der Waals surface area (Å²) >= 11 is 0. The number of ether oxygens (including phenoxy) is 1. The lowest BCUT2D eigenvalue weighted by Crippen LogP contribution is -2.40. The summed E-state index contributed by atoms with van der Waals surface area (Å²) < 4.78 is 5.56. The van der Waals surface area contributed by atoms with Crippen LogP contribution in [0.1, 0.15) is 13.8 Å². The smallest absolute Gasteiger partial charge is 0.213 e. The molecule has 0 spiro atoms. The third-order valence-corrected chi connectivity index (χ3v) is 3.66. The first-order valence-electron chi connectivity index (χ1n) is 5.04. The molecule has 0 aliphatic carbocycles. The number of pyridine rings is 1. The summed E-state index contributed by atoms with van der Waals surface area (Å²) in [5.41, 5.74) is 0. The molecule has 14 heavy (non-hydrogen) atoms. The molecule has 2 nitrogen and oxygen atoms in total. The Labute approximate surface area is 87.3 Å². The average Bonchev–Trinajstić information content (AvgIpc) is 2.01. The van der Waals surface area contributed by atoms with Crippen molar-refractivity contribution in [2.45, 2.75) is 39.6 Å². The molecule has 1 rings (SSSR count). The molecule has 0 aliphatic rings. The number of rotatable bonds is 3. The van der Waals surface area contributed by atoms with E-state index in [1.165, 1.54) is 5.32 Å². The second kappa shape index (κ2) is 4.13. The number of aromatic nitrogens is 1. The third-order valence-electron chi connectivity index (χ3n) is 1.85. The zero-order valence-electron chi connectivity index (χ0n) is 9.66. The van der Waals surface area contributed by atoms with E-state index in [4.69, 9.17) is 4.74 Å². The van der Waals surface area contributed by atoms with Gasteiger partial charge in [0.2, 0.25) is 5.88 Å². The fourth-order valence-corrected chi connectivity index (χ4v) is 2.18. The first kappa shape index (κ1) is 11.2. The van der Waals surface area contributed by atoms with E-state index in [0.29, 0.717) is 0 Å². The van der Waals surface area contributed by atoms with E-state index in [1.807, 2.05) is 26.0 Å². The van der Waals surface area contributed by atoms with Crippen LogP contribution in [0.4, 0.5) is 0 Å². The van der Waals surface area contributed by atoms with Gasteiger partial charge in [-0.1, -0.05) is 25.7 Å². The molecule has 1 aromatic rings. The van der Waals surface area contributed by atoms with Crippen molar-refractivity contribution >= 4 is 13.4 Å². The maximum atomic E-state index is 5.56. The Kier molecular flexibility index (Phi) is 3.32. The summed E-state index contributed by atoms with van der Waals surface area (Å²) in [5, 5.41) is 1.20. The highest BCUT2D eigenvalue weighted by molar-refractivity contribution is 6.88. The van der Waals surface area contributed by atoms with Gasteiger partial charge in [-0.2, -0.15) is 0 Å². The van der Waals surface area contributed by atoms with Gasteiger partial charge in [0.15, 0.2) is 0 Å². The molecule has 0 radical (unpaired) electrons. The van der Waals surface area contributed by atoms with Gasteiger partial charge in [0, 0.05) is 11.4 Å². The molecule has 0 aromatic carbocycles. The molecule has 0 atom stereocenters. The van der Waals surface area contributed by atoms with Crippen LogP contribution in [0.15, 0.2) is 18.2 Å². The van der Waals surface area contributed by atoms with E-state index in [0.717, 1.165) is 5.88 Å². The summed E-state index contributed by atoms with van der Waals surface area (Å²) in [4.78, 5) is 4.52. The average molecular weight is 209 g/mol.